The molecule has 5 rings (SSSR count). The number of aryl methyl sites for hydroxylation is 1. The molecule has 4 aromatic carbocycles. The summed E-state index contributed by atoms with van der Waals surface area (Å²) in [6, 6.07) is 20.9. The summed E-state index contributed by atoms with van der Waals surface area (Å²) in [5, 5.41) is 7.58. The van der Waals surface area contributed by atoms with Gasteiger partial charge in [-0.15, -0.1) is 0 Å². The normalized spacial score (nSPS) is 11.9. The Morgan fingerprint density at radius 2 is 1.43 bits per heavy atom. The van der Waals surface area contributed by atoms with Gasteiger partial charge in [-0.2, -0.15) is 0 Å². The van der Waals surface area contributed by atoms with Crippen LogP contribution in [0.25, 0.3) is 43.5 Å². The van der Waals surface area contributed by atoms with E-state index in [-0.39, 0.29) is 0 Å². The first kappa shape index (κ1) is 13.0. The maximum atomic E-state index is 6.50. The van der Waals surface area contributed by atoms with Crippen LogP contribution in [0.5, 0.6) is 0 Å². The summed E-state index contributed by atoms with van der Waals surface area (Å²) in [5.41, 5.74) is 2.94. The van der Waals surface area contributed by atoms with Crippen molar-refractivity contribution in [3.8, 4) is 0 Å². The molecule has 1 heterocycles. The highest BCUT2D eigenvalue weighted by molar-refractivity contribution is 6.39. The van der Waals surface area contributed by atoms with Gasteiger partial charge in [0.2, 0.25) is 0 Å². The average molecular weight is 317 g/mol. The zero-order valence-electron chi connectivity index (χ0n) is 12.6. The van der Waals surface area contributed by atoms with E-state index >= 15 is 0 Å². The van der Waals surface area contributed by atoms with Crippen LogP contribution >= 0.6 is 11.6 Å². The van der Waals surface area contributed by atoms with Gasteiger partial charge < -0.3 is 4.42 Å². The second-order valence-electron chi connectivity index (χ2n) is 6.00. The number of halogens is 1. The van der Waals surface area contributed by atoms with Crippen LogP contribution in [0.4, 0.5) is 0 Å². The molecule has 1 nitrogen and oxygen atoms in total. The summed E-state index contributed by atoms with van der Waals surface area (Å²) in [6.45, 7) is 2.15. The van der Waals surface area contributed by atoms with E-state index in [1.807, 2.05) is 18.2 Å². The maximum Gasteiger partial charge on any atom is 0.154 e. The van der Waals surface area contributed by atoms with Gasteiger partial charge in [-0.1, -0.05) is 60.1 Å². The molecular formula is C21H13ClO. The van der Waals surface area contributed by atoms with E-state index in [4.69, 9.17) is 16.0 Å². The van der Waals surface area contributed by atoms with Crippen molar-refractivity contribution in [2.75, 3.05) is 0 Å². The van der Waals surface area contributed by atoms with Crippen molar-refractivity contribution in [1.29, 1.82) is 0 Å². The molecule has 0 bridgehead atoms. The fourth-order valence-electron chi connectivity index (χ4n) is 3.59. The van der Waals surface area contributed by atoms with Crippen molar-refractivity contribution in [1.82, 2.24) is 0 Å². The van der Waals surface area contributed by atoms with Crippen LogP contribution in [0.3, 0.4) is 0 Å². The third kappa shape index (κ3) is 1.68. The van der Waals surface area contributed by atoms with Crippen molar-refractivity contribution in [2.45, 2.75) is 6.92 Å². The van der Waals surface area contributed by atoms with Crippen molar-refractivity contribution >= 4 is 55.1 Å². The van der Waals surface area contributed by atoms with Gasteiger partial charge in [-0.05, 0) is 40.8 Å². The molecule has 0 amide bonds. The largest absolute Gasteiger partial charge is 0.454 e. The average Bonchev–Trinajstić information content (AvgIpc) is 2.96. The Morgan fingerprint density at radius 3 is 2.26 bits per heavy atom. The molecule has 23 heavy (non-hydrogen) atoms. The Kier molecular flexibility index (Phi) is 2.54. The topological polar surface area (TPSA) is 13.1 Å². The highest BCUT2D eigenvalue weighted by Gasteiger charge is 2.16. The summed E-state index contributed by atoms with van der Waals surface area (Å²) in [7, 11) is 0. The van der Waals surface area contributed by atoms with E-state index in [0.29, 0.717) is 5.02 Å². The predicted molar refractivity (Wildman–Crippen MR) is 98.5 cm³/mol. The van der Waals surface area contributed by atoms with Gasteiger partial charge in [0.05, 0.1) is 5.02 Å². The van der Waals surface area contributed by atoms with Crippen molar-refractivity contribution in [3.63, 3.8) is 0 Å². The van der Waals surface area contributed by atoms with Gasteiger partial charge in [-0.3, -0.25) is 0 Å². The van der Waals surface area contributed by atoms with Gasteiger partial charge in [-0.25, -0.2) is 0 Å². The maximum absolute atomic E-state index is 6.50. The third-order valence-corrected chi connectivity index (χ3v) is 4.91. The molecule has 0 saturated heterocycles. The van der Waals surface area contributed by atoms with Gasteiger partial charge >= 0.3 is 0 Å². The molecule has 0 N–H and O–H groups in total. The van der Waals surface area contributed by atoms with E-state index in [9.17, 15) is 0 Å². The highest BCUT2D eigenvalue weighted by atomic mass is 35.5. The van der Waals surface area contributed by atoms with E-state index in [0.717, 1.165) is 32.7 Å². The Hall–Kier alpha value is -2.51. The second kappa shape index (κ2) is 4.50. The quantitative estimate of drug-likeness (QED) is 0.304. The fraction of sp³-hybridized carbons (Fsp3) is 0.0476. The van der Waals surface area contributed by atoms with Gasteiger partial charge in [0.25, 0.3) is 0 Å². The number of hydrogen-bond acceptors (Lipinski definition) is 1. The van der Waals surface area contributed by atoms with Crippen LogP contribution in [0.15, 0.2) is 65.1 Å². The molecule has 0 unspecified atom stereocenters. The Morgan fingerprint density at radius 1 is 0.739 bits per heavy atom. The zero-order valence-corrected chi connectivity index (χ0v) is 13.3. The molecular weight excluding hydrogens is 304 g/mol. The summed E-state index contributed by atoms with van der Waals surface area (Å²) < 4.78 is 6.23. The summed E-state index contributed by atoms with van der Waals surface area (Å²) in [4.78, 5) is 0. The monoisotopic (exact) mass is 316 g/mol. The van der Waals surface area contributed by atoms with E-state index < -0.39 is 0 Å². The van der Waals surface area contributed by atoms with Gasteiger partial charge in [0, 0.05) is 16.2 Å². The van der Waals surface area contributed by atoms with Crippen LogP contribution in [0.1, 0.15) is 5.56 Å². The van der Waals surface area contributed by atoms with Crippen molar-refractivity contribution < 1.29 is 4.42 Å². The summed E-state index contributed by atoms with van der Waals surface area (Å²) in [5.74, 6) is 0. The van der Waals surface area contributed by atoms with E-state index in [1.54, 1.807) is 0 Å². The molecule has 0 saturated carbocycles. The lowest BCUT2D eigenvalue weighted by molar-refractivity contribution is 0.673. The molecule has 1 aromatic heterocycles. The first-order valence-electron chi connectivity index (χ1n) is 7.66. The zero-order chi connectivity index (χ0) is 15.6. The van der Waals surface area contributed by atoms with Crippen molar-refractivity contribution in [2.24, 2.45) is 0 Å². The van der Waals surface area contributed by atoms with Crippen LogP contribution < -0.4 is 0 Å². The molecule has 0 aliphatic rings. The lowest BCUT2D eigenvalue weighted by Crippen LogP contribution is -1.80. The third-order valence-electron chi connectivity index (χ3n) is 4.63. The lowest BCUT2D eigenvalue weighted by Gasteiger charge is -2.03. The molecule has 0 atom stereocenters. The van der Waals surface area contributed by atoms with E-state index in [2.05, 4.69) is 49.4 Å². The summed E-state index contributed by atoms with van der Waals surface area (Å²) in [6.07, 6.45) is 0. The Balaban J connectivity index is 2.15. The Labute approximate surface area is 138 Å². The first-order valence-corrected chi connectivity index (χ1v) is 8.03. The van der Waals surface area contributed by atoms with Crippen LogP contribution in [-0.2, 0) is 0 Å². The predicted octanol–water partition coefficient (Wildman–Crippen LogP) is 6.85. The standard InChI is InChI=1S/C21H13ClO/c1-12-10-17-19-15-8-3-2-6-13(15)11-18(22)21(19)23-20(17)16-9-5-4-7-14(12)16/h2-11H,1H3. The SMILES string of the molecule is Cc1cc2c(oc3c(Cl)cc4ccccc4c32)c2ccccc12. The number of fused-ring (bicyclic) bond motifs is 7. The molecule has 0 aliphatic heterocycles. The minimum atomic E-state index is 0.664. The molecule has 0 fully saturated rings. The van der Waals surface area contributed by atoms with E-state index in [1.165, 1.54) is 16.3 Å². The van der Waals surface area contributed by atoms with Crippen LogP contribution in [-0.4, -0.2) is 0 Å². The molecule has 2 heteroatoms. The fourth-order valence-corrected chi connectivity index (χ4v) is 3.84. The number of furan rings is 1. The minimum absolute atomic E-state index is 0.664. The smallest absolute Gasteiger partial charge is 0.154 e. The second-order valence-corrected chi connectivity index (χ2v) is 6.41. The number of hydrogen-bond donors (Lipinski definition) is 0. The van der Waals surface area contributed by atoms with Crippen LogP contribution in [0.2, 0.25) is 5.02 Å². The number of benzene rings is 4. The van der Waals surface area contributed by atoms with Crippen molar-refractivity contribution in [3.05, 3.63) is 71.2 Å². The molecule has 5 aromatic rings. The molecule has 0 radical (unpaired) electrons. The van der Waals surface area contributed by atoms with Gasteiger partial charge in [0.15, 0.2) is 5.58 Å². The minimum Gasteiger partial charge on any atom is -0.454 e. The van der Waals surface area contributed by atoms with Crippen LogP contribution in [0, 0.1) is 6.92 Å². The summed E-state index contributed by atoms with van der Waals surface area (Å²) >= 11 is 6.50. The molecule has 0 aliphatic carbocycles. The van der Waals surface area contributed by atoms with Gasteiger partial charge in [0.1, 0.15) is 5.58 Å². The first-order chi connectivity index (χ1) is 11.2. The lowest BCUT2D eigenvalue weighted by atomic mass is 9.99. The highest BCUT2D eigenvalue weighted by Crippen LogP contribution is 2.41. The Bertz CT molecular complexity index is 1230. The number of rotatable bonds is 0. The molecule has 0 spiro atoms. The molecule has 110 valence electrons.